The molecule has 7 nitrogen and oxygen atoms in total. The number of benzene rings is 2. The van der Waals surface area contributed by atoms with Crippen molar-refractivity contribution < 1.29 is 4.79 Å². The number of tetrazole rings is 1. The monoisotopic (exact) mass is 322 g/mol. The van der Waals surface area contributed by atoms with Crippen molar-refractivity contribution in [2.75, 3.05) is 5.32 Å². The average Bonchev–Trinajstić information content (AvgIpc) is 3.26. The number of aromatic nitrogens is 5. The molecule has 0 atom stereocenters. The van der Waals surface area contributed by atoms with Gasteiger partial charge in [-0.2, -0.15) is 0 Å². The van der Waals surface area contributed by atoms with Gasteiger partial charge >= 0.3 is 0 Å². The van der Waals surface area contributed by atoms with Crippen LogP contribution in [0.2, 0.25) is 0 Å². The summed E-state index contributed by atoms with van der Waals surface area (Å²) >= 11 is 1.51. The highest BCUT2D eigenvalue weighted by Gasteiger charge is 2.09. The Bertz CT molecular complexity index is 978. The van der Waals surface area contributed by atoms with E-state index in [0.717, 1.165) is 15.9 Å². The molecule has 112 valence electrons. The molecule has 0 spiro atoms. The van der Waals surface area contributed by atoms with Gasteiger partial charge in [-0.05, 0) is 46.8 Å². The first-order chi connectivity index (χ1) is 11.3. The first kappa shape index (κ1) is 13.5. The third-order valence-corrected chi connectivity index (χ3v) is 4.10. The van der Waals surface area contributed by atoms with E-state index in [2.05, 4.69) is 25.8 Å². The zero-order valence-corrected chi connectivity index (χ0v) is 12.6. The molecule has 2 heterocycles. The molecule has 1 amide bonds. The zero-order chi connectivity index (χ0) is 15.6. The highest BCUT2D eigenvalue weighted by molar-refractivity contribution is 7.16. The summed E-state index contributed by atoms with van der Waals surface area (Å²) in [6, 6.07) is 12.8. The molecule has 23 heavy (non-hydrogen) atoms. The predicted molar refractivity (Wildman–Crippen MR) is 86.7 cm³/mol. The number of rotatable bonds is 3. The Morgan fingerprint density at radius 2 is 2.13 bits per heavy atom. The van der Waals surface area contributed by atoms with Crippen molar-refractivity contribution in [3.05, 3.63) is 59.9 Å². The van der Waals surface area contributed by atoms with Crippen molar-refractivity contribution in [1.29, 1.82) is 0 Å². The number of amides is 1. The van der Waals surface area contributed by atoms with Crippen molar-refractivity contribution in [2.45, 2.75) is 0 Å². The summed E-state index contributed by atoms with van der Waals surface area (Å²) in [5, 5.41) is 13.9. The van der Waals surface area contributed by atoms with Crippen LogP contribution in [0.15, 0.2) is 54.3 Å². The number of thiazole rings is 1. The lowest BCUT2D eigenvalue weighted by atomic mass is 10.2. The van der Waals surface area contributed by atoms with Crippen molar-refractivity contribution in [2.24, 2.45) is 0 Å². The lowest BCUT2D eigenvalue weighted by Crippen LogP contribution is -2.12. The second-order valence-corrected chi connectivity index (χ2v) is 5.68. The summed E-state index contributed by atoms with van der Waals surface area (Å²) in [6.45, 7) is 0. The van der Waals surface area contributed by atoms with Crippen molar-refractivity contribution in [1.82, 2.24) is 25.2 Å². The molecule has 0 saturated heterocycles. The van der Waals surface area contributed by atoms with Crippen LogP contribution in [-0.4, -0.2) is 31.1 Å². The van der Waals surface area contributed by atoms with Gasteiger partial charge in [-0.3, -0.25) is 4.79 Å². The maximum Gasteiger partial charge on any atom is 0.255 e. The molecule has 0 aliphatic heterocycles. The fourth-order valence-electron chi connectivity index (χ4n) is 2.21. The van der Waals surface area contributed by atoms with Crippen molar-refractivity contribution in [3.8, 4) is 5.69 Å². The van der Waals surface area contributed by atoms with E-state index in [1.165, 1.54) is 22.3 Å². The fourth-order valence-corrected chi connectivity index (χ4v) is 2.92. The van der Waals surface area contributed by atoms with Crippen LogP contribution < -0.4 is 5.32 Å². The molecule has 4 rings (SSSR count). The van der Waals surface area contributed by atoms with Crippen LogP contribution >= 0.6 is 11.3 Å². The Morgan fingerprint density at radius 1 is 1.17 bits per heavy atom. The summed E-state index contributed by atoms with van der Waals surface area (Å²) in [5.41, 5.74) is 4.70. The van der Waals surface area contributed by atoms with Gasteiger partial charge in [0.05, 0.1) is 21.4 Å². The Morgan fingerprint density at radius 3 is 3.00 bits per heavy atom. The topological polar surface area (TPSA) is 85.6 Å². The summed E-state index contributed by atoms with van der Waals surface area (Å²) in [4.78, 5) is 16.6. The van der Waals surface area contributed by atoms with Gasteiger partial charge in [0.1, 0.15) is 6.33 Å². The number of fused-ring (bicyclic) bond motifs is 1. The largest absolute Gasteiger partial charge is 0.322 e. The van der Waals surface area contributed by atoms with Crippen LogP contribution in [0.5, 0.6) is 0 Å². The molecule has 0 aliphatic carbocycles. The average molecular weight is 322 g/mol. The van der Waals surface area contributed by atoms with E-state index in [1.807, 2.05) is 30.3 Å². The highest BCUT2D eigenvalue weighted by Crippen LogP contribution is 2.20. The quantitative estimate of drug-likeness (QED) is 0.626. The summed E-state index contributed by atoms with van der Waals surface area (Å²) in [7, 11) is 0. The Balaban J connectivity index is 1.59. The maximum atomic E-state index is 12.4. The van der Waals surface area contributed by atoms with E-state index in [0.29, 0.717) is 11.3 Å². The molecule has 2 aromatic carbocycles. The fraction of sp³-hybridized carbons (Fsp3) is 0. The van der Waals surface area contributed by atoms with Gasteiger partial charge in [0, 0.05) is 11.3 Å². The molecule has 0 radical (unpaired) electrons. The number of nitrogens with zero attached hydrogens (tertiary/aromatic N) is 5. The number of hydrogen-bond acceptors (Lipinski definition) is 6. The summed E-state index contributed by atoms with van der Waals surface area (Å²) in [5.74, 6) is -0.172. The third-order valence-electron chi connectivity index (χ3n) is 3.31. The second-order valence-electron chi connectivity index (χ2n) is 4.79. The van der Waals surface area contributed by atoms with E-state index >= 15 is 0 Å². The smallest absolute Gasteiger partial charge is 0.255 e. The lowest BCUT2D eigenvalue weighted by Gasteiger charge is -2.07. The molecule has 8 heteroatoms. The van der Waals surface area contributed by atoms with Crippen LogP contribution in [0.25, 0.3) is 15.9 Å². The van der Waals surface area contributed by atoms with Gasteiger partial charge in [0.15, 0.2) is 0 Å². The SMILES string of the molecule is O=C(Nc1cccc(-n2cnnn2)c1)c1ccc2ncsc2c1. The molecule has 4 aromatic rings. The van der Waals surface area contributed by atoms with Gasteiger partial charge in [-0.1, -0.05) is 6.07 Å². The van der Waals surface area contributed by atoms with Crippen molar-refractivity contribution in [3.63, 3.8) is 0 Å². The van der Waals surface area contributed by atoms with E-state index < -0.39 is 0 Å². The third kappa shape index (κ3) is 2.67. The standard InChI is InChI=1S/C15H10N6OS/c22-15(10-4-5-13-14(6-10)23-9-16-13)18-11-2-1-3-12(7-11)21-8-17-19-20-21/h1-9H,(H,18,22). The zero-order valence-electron chi connectivity index (χ0n) is 11.7. The molecule has 0 bridgehead atoms. The van der Waals surface area contributed by atoms with Crippen LogP contribution in [0, 0.1) is 0 Å². The van der Waals surface area contributed by atoms with E-state index in [-0.39, 0.29) is 5.91 Å². The van der Waals surface area contributed by atoms with Gasteiger partial charge in [0.2, 0.25) is 0 Å². The van der Waals surface area contributed by atoms with Crippen molar-refractivity contribution >= 4 is 33.1 Å². The van der Waals surface area contributed by atoms with Gasteiger partial charge in [0.25, 0.3) is 5.91 Å². The minimum Gasteiger partial charge on any atom is -0.322 e. The molecule has 0 aliphatic rings. The molecule has 1 N–H and O–H groups in total. The lowest BCUT2D eigenvalue weighted by molar-refractivity contribution is 0.102. The number of anilines is 1. The minimum atomic E-state index is -0.172. The van der Waals surface area contributed by atoms with E-state index in [9.17, 15) is 4.79 Å². The van der Waals surface area contributed by atoms with E-state index in [4.69, 9.17) is 0 Å². The summed E-state index contributed by atoms with van der Waals surface area (Å²) < 4.78 is 2.51. The Kier molecular flexibility index (Phi) is 3.28. The van der Waals surface area contributed by atoms with Crippen LogP contribution in [-0.2, 0) is 0 Å². The van der Waals surface area contributed by atoms with E-state index in [1.54, 1.807) is 17.6 Å². The van der Waals surface area contributed by atoms with Crippen LogP contribution in [0.1, 0.15) is 10.4 Å². The Labute approximate surface area is 134 Å². The van der Waals surface area contributed by atoms with Crippen LogP contribution in [0.4, 0.5) is 5.69 Å². The number of carbonyl (C=O) groups is 1. The first-order valence-corrected chi connectivity index (χ1v) is 7.65. The maximum absolute atomic E-state index is 12.4. The molecule has 0 fully saturated rings. The molecular weight excluding hydrogens is 312 g/mol. The second kappa shape index (κ2) is 5.58. The van der Waals surface area contributed by atoms with Gasteiger partial charge in [-0.25, -0.2) is 9.67 Å². The number of nitrogens with one attached hydrogen (secondary N) is 1. The number of carbonyl (C=O) groups excluding carboxylic acids is 1. The van der Waals surface area contributed by atoms with Gasteiger partial charge < -0.3 is 5.32 Å². The first-order valence-electron chi connectivity index (χ1n) is 6.78. The highest BCUT2D eigenvalue weighted by atomic mass is 32.1. The normalized spacial score (nSPS) is 10.8. The molecule has 0 saturated carbocycles. The van der Waals surface area contributed by atoms with Gasteiger partial charge in [-0.15, -0.1) is 16.4 Å². The van der Waals surface area contributed by atoms with Crippen LogP contribution in [0.3, 0.4) is 0 Å². The molecule has 0 unspecified atom stereocenters. The molecular formula is C15H10N6OS. The Hall–Kier alpha value is -3.13. The predicted octanol–water partition coefficient (Wildman–Crippen LogP) is 2.52. The minimum absolute atomic E-state index is 0.172. The molecule has 2 aromatic heterocycles. The summed E-state index contributed by atoms with van der Waals surface area (Å²) in [6.07, 6.45) is 1.50. The number of hydrogen-bond donors (Lipinski definition) is 1.